The zero-order chi connectivity index (χ0) is 20.0. The molecule has 0 bridgehead atoms. The van der Waals surface area contributed by atoms with Crippen molar-refractivity contribution in [2.75, 3.05) is 34.3 Å². The van der Waals surface area contributed by atoms with E-state index < -0.39 is 0 Å². The van der Waals surface area contributed by atoms with Gasteiger partial charge in [-0.05, 0) is 43.3 Å². The predicted octanol–water partition coefficient (Wildman–Crippen LogP) is 2.95. The van der Waals surface area contributed by atoms with Gasteiger partial charge in [0.1, 0.15) is 0 Å². The molecule has 3 heterocycles. The average molecular weight is 398 g/mol. The molecule has 0 saturated heterocycles. The van der Waals surface area contributed by atoms with Crippen LogP contribution in [0.5, 0.6) is 28.7 Å². The van der Waals surface area contributed by atoms with Crippen molar-refractivity contribution < 1.29 is 28.9 Å². The van der Waals surface area contributed by atoms with Crippen LogP contribution in [0.1, 0.15) is 29.2 Å². The van der Waals surface area contributed by atoms with E-state index in [1.54, 1.807) is 7.11 Å². The van der Waals surface area contributed by atoms with E-state index in [0.717, 1.165) is 35.4 Å². The summed E-state index contributed by atoms with van der Waals surface area (Å²) in [6, 6.07) is 7.55. The molecule has 0 radical (unpaired) electrons. The highest BCUT2D eigenvalue weighted by Gasteiger charge is 2.35. The van der Waals surface area contributed by atoms with Crippen LogP contribution in [0, 0.1) is 0 Å². The van der Waals surface area contributed by atoms with Crippen LogP contribution >= 0.6 is 0 Å². The van der Waals surface area contributed by atoms with E-state index in [2.05, 4.69) is 17.1 Å². The van der Waals surface area contributed by atoms with Crippen molar-refractivity contribution in [2.24, 2.45) is 5.16 Å². The van der Waals surface area contributed by atoms with E-state index in [1.807, 2.05) is 24.3 Å². The molecule has 0 fully saturated rings. The zero-order valence-electron chi connectivity index (χ0n) is 16.3. The number of hydrogen-bond acceptors (Lipinski definition) is 8. The number of hydrogen-bond donors (Lipinski definition) is 1. The van der Waals surface area contributed by atoms with E-state index in [-0.39, 0.29) is 19.6 Å². The normalized spacial score (nSPS) is 19.9. The summed E-state index contributed by atoms with van der Waals surface area (Å²) < 4.78 is 27.8. The van der Waals surface area contributed by atoms with Crippen molar-refractivity contribution in [3.05, 3.63) is 41.0 Å². The topological polar surface area (TPSA) is 82.0 Å². The lowest BCUT2D eigenvalue weighted by Crippen LogP contribution is -2.34. The second kappa shape index (κ2) is 7.04. The zero-order valence-corrected chi connectivity index (χ0v) is 16.3. The molecule has 3 aliphatic heterocycles. The third-order valence-electron chi connectivity index (χ3n) is 5.76. The molecular weight excluding hydrogens is 376 g/mol. The predicted molar refractivity (Wildman–Crippen MR) is 104 cm³/mol. The molecule has 1 atom stereocenters. The molecule has 0 amide bonds. The minimum absolute atomic E-state index is 0.0421. The molecule has 8 nitrogen and oxygen atoms in total. The lowest BCUT2D eigenvalue weighted by Gasteiger charge is -2.36. The maximum atomic E-state index is 9.80. The molecule has 1 unspecified atom stereocenters. The first kappa shape index (κ1) is 17.9. The van der Waals surface area contributed by atoms with E-state index in [9.17, 15) is 5.21 Å². The van der Waals surface area contributed by atoms with Gasteiger partial charge in [-0.15, -0.1) is 0 Å². The van der Waals surface area contributed by atoms with E-state index >= 15 is 0 Å². The van der Waals surface area contributed by atoms with E-state index in [4.69, 9.17) is 23.7 Å². The summed E-state index contributed by atoms with van der Waals surface area (Å²) in [4.78, 5) is 2.24. The van der Waals surface area contributed by atoms with Crippen LogP contribution in [0.2, 0.25) is 0 Å². The highest BCUT2D eigenvalue weighted by molar-refractivity contribution is 6.01. The summed E-state index contributed by atoms with van der Waals surface area (Å²) in [6.45, 7) is 1.27. The second-order valence-corrected chi connectivity index (χ2v) is 7.28. The maximum Gasteiger partial charge on any atom is 0.231 e. The Labute approximate surface area is 168 Å². The lowest BCUT2D eigenvalue weighted by atomic mass is 9.87. The summed E-state index contributed by atoms with van der Waals surface area (Å²) in [5.41, 5.74) is 3.56. The van der Waals surface area contributed by atoms with Crippen molar-refractivity contribution in [1.82, 2.24) is 4.90 Å². The number of nitrogens with zero attached hydrogens (tertiary/aromatic N) is 2. The van der Waals surface area contributed by atoms with Gasteiger partial charge in [0.15, 0.2) is 23.0 Å². The largest absolute Gasteiger partial charge is 0.492 e. The van der Waals surface area contributed by atoms with Gasteiger partial charge in [0.05, 0.1) is 12.8 Å². The molecule has 0 aromatic heterocycles. The molecule has 0 spiro atoms. The Kier molecular flexibility index (Phi) is 4.35. The fraction of sp³-hybridized carbons (Fsp3) is 0.381. The number of methoxy groups -OCH3 is 1. The summed E-state index contributed by atoms with van der Waals surface area (Å²) in [5, 5.41) is 13.4. The van der Waals surface area contributed by atoms with Crippen LogP contribution in [-0.2, 0) is 6.42 Å². The summed E-state index contributed by atoms with van der Waals surface area (Å²) in [6.07, 6.45) is 1.38. The third-order valence-corrected chi connectivity index (χ3v) is 5.76. The Morgan fingerprint density at radius 3 is 2.76 bits per heavy atom. The standard InChI is InChI=1S/C21H22N2O6/c1-23-6-5-13-8-18-20(29-11-28-18)21(25-2)19(13)15(23)9-14(22-24)12-3-4-16-17(7-12)27-10-26-16/h3-4,7-8,15,24H,5-6,9-11H2,1-2H3/b22-14-. The second-order valence-electron chi connectivity index (χ2n) is 7.28. The molecule has 2 aromatic carbocycles. The van der Waals surface area contributed by atoms with Gasteiger partial charge in [-0.1, -0.05) is 5.16 Å². The first-order valence-electron chi connectivity index (χ1n) is 9.50. The Bertz CT molecular complexity index is 990. The minimum Gasteiger partial charge on any atom is -0.492 e. The summed E-state index contributed by atoms with van der Waals surface area (Å²) in [5.74, 6) is 3.39. The van der Waals surface area contributed by atoms with Crippen LogP contribution in [0.15, 0.2) is 29.4 Å². The summed E-state index contributed by atoms with van der Waals surface area (Å²) >= 11 is 0. The van der Waals surface area contributed by atoms with Crippen LogP contribution < -0.4 is 23.7 Å². The number of ether oxygens (including phenoxy) is 5. The van der Waals surface area contributed by atoms with Crippen molar-refractivity contribution in [3.8, 4) is 28.7 Å². The van der Waals surface area contributed by atoms with Gasteiger partial charge in [0.25, 0.3) is 0 Å². The van der Waals surface area contributed by atoms with Gasteiger partial charge < -0.3 is 28.9 Å². The molecule has 8 heteroatoms. The van der Waals surface area contributed by atoms with Crippen LogP contribution in [-0.4, -0.2) is 50.1 Å². The number of benzene rings is 2. The molecule has 3 aliphatic rings. The van der Waals surface area contributed by atoms with Gasteiger partial charge in [0, 0.05) is 30.1 Å². The average Bonchev–Trinajstić information content (AvgIpc) is 3.40. The fourth-order valence-electron chi connectivity index (χ4n) is 4.26. The molecular formula is C21H22N2O6. The van der Waals surface area contributed by atoms with E-state index in [0.29, 0.717) is 35.1 Å². The molecule has 1 N–H and O–H groups in total. The monoisotopic (exact) mass is 398 g/mol. The number of oxime groups is 1. The number of rotatable bonds is 4. The van der Waals surface area contributed by atoms with Crippen LogP contribution in [0.4, 0.5) is 0 Å². The third kappa shape index (κ3) is 2.91. The smallest absolute Gasteiger partial charge is 0.231 e. The Balaban J connectivity index is 1.53. The highest BCUT2D eigenvalue weighted by atomic mass is 16.7. The van der Waals surface area contributed by atoms with Gasteiger partial charge in [-0.2, -0.15) is 0 Å². The van der Waals surface area contributed by atoms with Crippen molar-refractivity contribution in [1.29, 1.82) is 0 Å². The molecule has 5 rings (SSSR count). The number of fused-ring (bicyclic) bond motifs is 3. The van der Waals surface area contributed by atoms with Gasteiger partial charge in [0.2, 0.25) is 19.3 Å². The molecule has 2 aromatic rings. The molecule has 29 heavy (non-hydrogen) atoms. The summed E-state index contributed by atoms with van der Waals surface area (Å²) in [7, 11) is 3.70. The molecule has 0 saturated carbocycles. The fourth-order valence-corrected chi connectivity index (χ4v) is 4.26. The quantitative estimate of drug-likeness (QED) is 0.482. The Morgan fingerprint density at radius 1 is 1.14 bits per heavy atom. The van der Waals surface area contributed by atoms with Gasteiger partial charge >= 0.3 is 0 Å². The van der Waals surface area contributed by atoms with Crippen LogP contribution in [0.25, 0.3) is 0 Å². The minimum atomic E-state index is -0.0421. The van der Waals surface area contributed by atoms with Crippen molar-refractivity contribution in [2.45, 2.75) is 18.9 Å². The van der Waals surface area contributed by atoms with Crippen molar-refractivity contribution >= 4 is 5.71 Å². The first-order valence-corrected chi connectivity index (χ1v) is 9.50. The lowest BCUT2D eigenvalue weighted by molar-refractivity contribution is 0.170. The van der Waals surface area contributed by atoms with Gasteiger partial charge in [-0.3, -0.25) is 4.90 Å². The highest BCUT2D eigenvalue weighted by Crippen LogP contribution is 2.50. The number of likely N-dealkylation sites (N-methyl/N-ethyl adjacent to an activating group) is 1. The Hall–Kier alpha value is -3.13. The van der Waals surface area contributed by atoms with Gasteiger partial charge in [-0.25, -0.2) is 0 Å². The molecule has 152 valence electrons. The molecule has 0 aliphatic carbocycles. The van der Waals surface area contributed by atoms with Crippen molar-refractivity contribution in [3.63, 3.8) is 0 Å². The first-order chi connectivity index (χ1) is 14.2. The van der Waals surface area contributed by atoms with E-state index in [1.165, 1.54) is 0 Å². The maximum absolute atomic E-state index is 9.80. The Morgan fingerprint density at radius 2 is 1.93 bits per heavy atom. The van der Waals surface area contributed by atoms with Crippen LogP contribution in [0.3, 0.4) is 0 Å². The SMILES string of the molecule is COc1c2c(cc3c1C(C/C(=N/O)c1ccc4c(c1)OCO4)N(C)CC3)OCO2.